The summed E-state index contributed by atoms with van der Waals surface area (Å²) in [5, 5.41) is 10.8. The number of carbonyl (C=O) groups excluding carboxylic acids is 1. The number of carbonyl (C=O) groups is 1. The Morgan fingerprint density at radius 3 is 2.87 bits per heavy atom. The van der Waals surface area contributed by atoms with Gasteiger partial charge in [-0.15, -0.1) is 5.10 Å². The number of halogens is 1. The van der Waals surface area contributed by atoms with Crippen molar-refractivity contribution < 1.29 is 13.6 Å². The molecule has 1 amide bonds. The van der Waals surface area contributed by atoms with E-state index in [0.717, 1.165) is 25.9 Å². The number of amides is 1. The Labute approximate surface area is 131 Å². The molecule has 0 spiro atoms. The lowest BCUT2D eigenvalue weighted by Crippen LogP contribution is -2.17. The summed E-state index contributed by atoms with van der Waals surface area (Å²) in [4.78, 5) is 18.0. The van der Waals surface area contributed by atoms with E-state index in [2.05, 4.69) is 20.5 Å². The van der Waals surface area contributed by atoms with Gasteiger partial charge in [-0.2, -0.15) is 0 Å². The molecule has 3 heterocycles. The summed E-state index contributed by atoms with van der Waals surface area (Å²) >= 11 is 0. The zero-order valence-electron chi connectivity index (χ0n) is 12.3. The molecule has 1 aromatic heterocycles. The molecule has 0 saturated carbocycles. The zero-order valence-corrected chi connectivity index (χ0v) is 12.3. The number of anilines is 2. The predicted octanol–water partition coefficient (Wildman–Crippen LogP) is 1.60. The number of aromatic nitrogens is 2. The van der Waals surface area contributed by atoms with E-state index < -0.39 is 5.82 Å². The third-order valence-electron chi connectivity index (χ3n) is 3.89. The van der Waals surface area contributed by atoms with Crippen molar-refractivity contribution in [2.45, 2.75) is 12.8 Å². The van der Waals surface area contributed by atoms with E-state index in [9.17, 15) is 9.18 Å². The Balaban J connectivity index is 1.76. The fourth-order valence-electron chi connectivity index (χ4n) is 2.78. The Hall–Kier alpha value is -2.77. The maximum absolute atomic E-state index is 13.6. The van der Waals surface area contributed by atoms with Crippen LogP contribution in [0.5, 0.6) is 0 Å². The first-order chi connectivity index (χ1) is 11.2. The van der Waals surface area contributed by atoms with Crippen LogP contribution in [0.25, 0.3) is 0 Å². The topological polar surface area (TPSA) is 83.6 Å². The van der Waals surface area contributed by atoms with Crippen LogP contribution in [0.1, 0.15) is 24.3 Å². The molecule has 1 aromatic carbocycles. The molecule has 1 saturated heterocycles. The molecule has 1 N–H and O–H groups in total. The SMILES string of the molecule is O=C1CN=C(c2nnc(N3CCCC3)o2)c2cc(F)ccc2N1. The van der Waals surface area contributed by atoms with Gasteiger partial charge < -0.3 is 14.6 Å². The minimum Gasteiger partial charge on any atom is -0.402 e. The predicted molar refractivity (Wildman–Crippen MR) is 81.3 cm³/mol. The highest BCUT2D eigenvalue weighted by atomic mass is 19.1. The van der Waals surface area contributed by atoms with Crippen LogP contribution in [0.2, 0.25) is 0 Å². The van der Waals surface area contributed by atoms with Gasteiger partial charge in [0.25, 0.3) is 5.89 Å². The summed E-state index contributed by atoms with van der Waals surface area (Å²) in [6.45, 7) is 1.67. The second-order valence-electron chi connectivity index (χ2n) is 5.49. The number of nitrogens with one attached hydrogen (secondary N) is 1. The number of aliphatic imine (C=N–C) groups is 1. The minimum atomic E-state index is -0.424. The van der Waals surface area contributed by atoms with E-state index in [-0.39, 0.29) is 18.3 Å². The van der Waals surface area contributed by atoms with Gasteiger partial charge in [-0.3, -0.25) is 9.79 Å². The molecule has 0 unspecified atom stereocenters. The number of rotatable bonds is 2. The molecule has 8 heteroatoms. The van der Waals surface area contributed by atoms with E-state index >= 15 is 0 Å². The number of hydrogen-bond donors (Lipinski definition) is 1. The van der Waals surface area contributed by atoms with E-state index in [1.165, 1.54) is 18.2 Å². The van der Waals surface area contributed by atoms with Crippen LogP contribution in [0.3, 0.4) is 0 Å². The van der Waals surface area contributed by atoms with Crippen molar-refractivity contribution in [2.75, 3.05) is 29.9 Å². The van der Waals surface area contributed by atoms with Gasteiger partial charge in [0.15, 0.2) is 0 Å². The van der Waals surface area contributed by atoms with Crippen LogP contribution in [-0.2, 0) is 4.79 Å². The summed E-state index contributed by atoms with van der Waals surface area (Å²) in [7, 11) is 0. The lowest BCUT2D eigenvalue weighted by molar-refractivity contribution is -0.114. The highest BCUT2D eigenvalue weighted by Crippen LogP contribution is 2.25. The Morgan fingerprint density at radius 1 is 1.22 bits per heavy atom. The highest BCUT2D eigenvalue weighted by Gasteiger charge is 2.25. The van der Waals surface area contributed by atoms with Crippen molar-refractivity contribution in [1.29, 1.82) is 0 Å². The van der Waals surface area contributed by atoms with E-state index in [4.69, 9.17) is 4.42 Å². The molecular formula is C15H14FN5O2. The van der Waals surface area contributed by atoms with Gasteiger partial charge in [-0.05, 0) is 31.0 Å². The fraction of sp³-hybridized carbons (Fsp3) is 0.333. The van der Waals surface area contributed by atoms with Gasteiger partial charge in [-0.1, -0.05) is 5.10 Å². The highest BCUT2D eigenvalue weighted by molar-refractivity contribution is 6.17. The first kappa shape index (κ1) is 13.9. The fourth-order valence-corrected chi connectivity index (χ4v) is 2.78. The number of benzene rings is 1. The Kier molecular flexibility index (Phi) is 3.29. The Bertz CT molecular complexity index is 795. The second kappa shape index (κ2) is 5.45. The molecule has 23 heavy (non-hydrogen) atoms. The van der Waals surface area contributed by atoms with Crippen molar-refractivity contribution in [3.63, 3.8) is 0 Å². The number of fused-ring (bicyclic) bond motifs is 1. The molecule has 2 aliphatic rings. The zero-order chi connectivity index (χ0) is 15.8. The van der Waals surface area contributed by atoms with Crippen LogP contribution < -0.4 is 10.2 Å². The van der Waals surface area contributed by atoms with Gasteiger partial charge in [0.1, 0.15) is 18.1 Å². The first-order valence-electron chi connectivity index (χ1n) is 7.44. The van der Waals surface area contributed by atoms with Crippen molar-refractivity contribution in [1.82, 2.24) is 10.2 Å². The lowest BCUT2D eigenvalue weighted by Gasteiger charge is -2.10. The van der Waals surface area contributed by atoms with Crippen molar-refractivity contribution in [3.8, 4) is 0 Å². The van der Waals surface area contributed by atoms with E-state index in [1.54, 1.807) is 0 Å². The maximum Gasteiger partial charge on any atom is 0.318 e. The number of hydrogen-bond acceptors (Lipinski definition) is 6. The molecule has 7 nitrogen and oxygen atoms in total. The monoisotopic (exact) mass is 315 g/mol. The number of benzodiazepines with no additional fused rings is 1. The van der Waals surface area contributed by atoms with Crippen molar-refractivity contribution >= 4 is 23.3 Å². The van der Waals surface area contributed by atoms with Gasteiger partial charge >= 0.3 is 6.01 Å². The molecule has 0 bridgehead atoms. The molecule has 2 aliphatic heterocycles. The van der Waals surface area contributed by atoms with Gasteiger partial charge in [-0.25, -0.2) is 4.39 Å². The van der Waals surface area contributed by atoms with Crippen LogP contribution >= 0.6 is 0 Å². The average Bonchev–Trinajstić information content (AvgIpc) is 3.18. The van der Waals surface area contributed by atoms with Crippen LogP contribution in [0.15, 0.2) is 27.6 Å². The lowest BCUT2D eigenvalue weighted by atomic mass is 10.1. The summed E-state index contributed by atoms with van der Waals surface area (Å²) in [5.74, 6) is -0.505. The molecule has 0 atom stereocenters. The smallest absolute Gasteiger partial charge is 0.318 e. The van der Waals surface area contributed by atoms with Gasteiger partial charge in [0, 0.05) is 18.7 Å². The molecule has 0 aliphatic carbocycles. The maximum atomic E-state index is 13.6. The van der Waals surface area contributed by atoms with Gasteiger partial charge in [0.05, 0.1) is 5.69 Å². The summed E-state index contributed by atoms with van der Waals surface area (Å²) in [5.41, 5.74) is 1.25. The minimum absolute atomic E-state index is 0.0763. The van der Waals surface area contributed by atoms with Crippen LogP contribution in [0, 0.1) is 5.82 Å². The summed E-state index contributed by atoms with van der Waals surface area (Å²) in [6, 6.07) is 4.52. The molecule has 2 aromatic rings. The first-order valence-corrected chi connectivity index (χ1v) is 7.44. The van der Waals surface area contributed by atoms with Crippen molar-refractivity contribution in [2.24, 2.45) is 4.99 Å². The second-order valence-corrected chi connectivity index (χ2v) is 5.49. The Morgan fingerprint density at radius 2 is 2.04 bits per heavy atom. The molecule has 118 valence electrons. The molecule has 4 rings (SSSR count). The molecule has 0 radical (unpaired) electrons. The van der Waals surface area contributed by atoms with Crippen molar-refractivity contribution in [3.05, 3.63) is 35.5 Å². The van der Waals surface area contributed by atoms with Crippen LogP contribution in [0.4, 0.5) is 16.1 Å². The third-order valence-corrected chi connectivity index (χ3v) is 3.89. The summed E-state index contributed by atoms with van der Waals surface area (Å²) < 4.78 is 19.3. The van der Waals surface area contributed by atoms with Gasteiger partial charge in [0.2, 0.25) is 5.91 Å². The van der Waals surface area contributed by atoms with E-state index in [0.29, 0.717) is 23.0 Å². The third kappa shape index (κ3) is 2.56. The molecule has 1 fully saturated rings. The van der Waals surface area contributed by atoms with E-state index in [1.807, 2.05) is 4.90 Å². The number of nitrogens with zero attached hydrogens (tertiary/aromatic N) is 4. The average molecular weight is 315 g/mol. The standard InChI is InChI=1S/C15H14FN5O2/c16-9-3-4-11-10(7-9)13(17-8-12(22)18-11)14-19-20-15(23-14)21-5-1-2-6-21/h3-4,7H,1-2,5-6,8H2,(H,18,22). The normalized spacial score (nSPS) is 17.5. The molecular weight excluding hydrogens is 301 g/mol. The largest absolute Gasteiger partial charge is 0.402 e. The quantitative estimate of drug-likeness (QED) is 0.910. The summed E-state index contributed by atoms with van der Waals surface area (Å²) in [6.07, 6.45) is 2.18. The van der Waals surface area contributed by atoms with Crippen LogP contribution in [-0.4, -0.2) is 41.5 Å².